The summed E-state index contributed by atoms with van der Waals surface area (Å²) in [6.45, 7) is 10.8. The lowest BCUT2D eigenvalue weighted by Gasteiger charge is -2.12. The molecule has 1 N–H and O–H groups in total. The van der Waals surface area contributed by atoms with Gasteiger partial charge < -0.3 is 14.6 Å². The van der Waals surface area contributed by atoms with Crippen LogP contribution < -0.4 is 10.1 Å². The molecule has 1 aromatic heterocycles. The minimum absolute atomic E-state index is 0.0514. The van der Waals surface area contributed by atoms with Crippen molar-refractivity contribution >= 4 is 16.9 Å². The second kappa shape index (κ2) is 13.9. The van der Waals surface area contributed by atoms with Gasteiger partial charge in [0.2, 0.25) is 5.91 Å². The Morgan fingerprint density at radius 1 is 0.971 bits per heavy atom. The lowest BCUT2D eigenvalue weighted by atomic mass is 9.99. The minimum atomic E-state index is 0.0514. The molecule has 0 bridgehead atoms. The van der Waals surface area contributed by atoms with E-state index in [-0.39, 0.29) is 11.8 Å². The fourth-order valence-corrected chi connectivity index (χ4v) is 4.26. The molecule has 1 atom stereocenters. The molecule has 2 aromatic carbocycles. The molecule has 5 heteroatoms. The van der Waals surface area contributed by atoms with Crippen LogP contribution in [0.1, 0.15) is 83.5 Å². The van der Waals surface area contributed by atoms with Crippen LogP contribution in [0.25, 0.3) is 11.0 Å². The van der Waals surface area contributed by atoms with Crippen molar-refractivity contribution in [2.45, 2.75) is 85.1 Å². The third-order valence-electron chi connectivity index (χ3n) is 6.74. The molecular formula is C30H43N3O2. The first-order valence-electron chi connectivity index (χ1n) is 13.4. The van der Waals surface area contributed by atoms with Crippen molar-refractivity contribution < 1.29 is 9.53 Å². The van der Waals surface area contributed by atoms with Crippen LogP contribution in [0.15, 0.2) is 48.5 Å². The van der Waals surface area contributed by atoms with Gasteiger partial charge in [0.1, 0.15) is 11.6 Å². The van der Waals surface area contributed by atoms with Gasteiger partial charge in [-0.05, 0) is 67.9 Å². The van der Waals surface area contributed by atoms with E-state index in [2.05, 4.69) is 72.3 Å². The number of ether oxygens (including phenoxy) is 1. The Bertz CT molecular complexity index is 1040. The number of imidazole rings is 1. The molecular weight excluding hydrogens is 434 g/mol. The Balaban J connectivity index is 1.45. The summed E-state index contributed by atoms with van der Waals surface area (Å²) in [4.78, 5) is 16.6. The molecule has 0 aliphatic carbocycles. The molecule has 0 aliphatic rings. The van der Waals surface area contributed by atoms with Gasteiger partial charge in [-0.25, -0.2) is 4.98 Å². The fourth-order valence-electron chi connectivity index (χ4n) is 4.26. The predicted octanol–water partition coefficient (Wildman–Crippen LogP) is 6.89. The van der Waals surface area contributed by atoms with Gasteiger partial charge in [0.05, 0.1) is 17.6 Å². The Kier molecular flexibility index (Phi) is 10.6. The Morgan fingerprint density at radius 3 is 2.49 bits per heavy atom. The first-order valence-corrected chi connectivity index (χ1v) is 13.4. The van der Waals surface area contributed by atoms with Crippen molar-refractivity contribution in [3.05, 3.63) is 59.9 Å². The van der Waals surface area contributed by atoms with Crippen molar-refractivity contribution in [2.24, 2.45) is 5.92 Å². The third kappa shape index (κ3) is 8.12. The first kappa shape index (κ1) is 26.8. The Hall–Kier alpha value is -2.82. The normalized spacial score (nSPS) is 12.3. The molecule has 1 amide bonds. The molecule has 1 unspecified atom stereocenters. The van der Waals surface area contributed by atoms with Gasteiger partial charge in [0.25, 0.3) is 0 Å². The summed E-state index contributed by atoms with van der Waals surface area (Å²) >= 11 is 0. The van der Waals surface area contributed by atoms with E-state index in [1.165, 1.54) is 16.9 Å². The number of nitrogens with zero attached hydrogens (tertiary/aromatic N) is 2. The van der Waals surface area contributed by atoms with Crippen molar-refractivity contribution in [2.75, 3.05) is 13.2 Å². The average Bonchev–Trinajstić information content (AvgIpc) is 3.22. The molecule has 0 spiro atoms. The average molecular weight is 478 g/mol. The number of unbranched alkanes of at least 4 members (excludes halogenated alkanes) is 3. The van der Waals surface area contributed by atoms with E-state index in [9.17, 15) is 4.79 Å². The summed E-state index contributed by atoms with van der Waals surface area (Å²) in [5.74, 6) is 2.90. The van der Waals surface area contributed by atoms with Crippen molar-refractivity contribution in [1.82, 2.24) is 14.9 Å². The Morgan fingerprint density at radius 2 is 1.74 bits per heavy atom. The number of nitrogens with one attached hydrogen (secondary N) is 1. The van der Waals surface area contributed by atoms with Crippen molar-refractivity contribution in [3.63, 3.8) is 0 Å². The van der Waals surface area contributed by atoms with Gasteiger partial charge in [-0.1, -0.05) is 58.4 Å². The zero-order valence-corrected chi connectivity index (χ0v) is 22.1. The molecule has 1 heterocycles. The molecule has 0 aliphatic heterocycles. The van der Waals surface area contributed by atoms with Crippen LogP contribution in [0, 0.1) is 5.92 Å². The molecule has 3 aromatic rings. The molecule has 0 saturated heterocycles. The monoisotopic (exact) mass is 477 g/mol. The summed E-state index contributed by atoms with van der Waals surface area (Å²) in [7, 11) is 0. The number of para-hydroxylation sites is 2. The highest BCUT2D eigenvalue weighted by Crippen LogP contribution is 2.22. The molecule has 0 radical (unpaired) electrons. The van der Waals surface area contributed by atoms with Gasteiger partial charge in [-0.15, -0.1) is 0 Å². The maximum Gasteiger partial charge on any atom is 0.222 e. The van der Waals surface area contributed by atoms with Gasteiger partial charge in [0, 0.05) is 25.4 Å². The number of hydrogen-bond donors (Lipinski definition) is 1. The van der Waals surface area contributed by atoms with Crippen LogP contribution in [0.3, 0.4) is 0 Å². The largest absolute Gasteiger partial charge is 0.494 e. The number of aryl methyl sites for hydroxylation is 2. The smallest absolute Gasteiger partial charge is 0.222 e. The summed E-state index contributed by atoms with van der Waals surface area (Å²) in [6.07, 6.45) is 7.36. The first-order chi connectivity index (χ1) is 17.0. The van der Waals surface area contributed by atoms with Crippen LogP contribution in [0.2, 0.25) is 0 Å². The van der Waals surface area contributed by atoms with Crippen LogP contribution in [0.4, 0.5) is 0 Å². The van der Waals surface area contributed by atoms with Gasteiger partial charge >= 0.3 is 0 Å². The zero-order valence-electron chi connectivity index (χ0n) is 22.1. The van der Waals surface area contributed by atoms with Gasteiger partial charge in [-0.3, -0.25) is 4.79 Å². The van der Waals surface area contributed by atoms with Gasteiger partial charge in [0.15, 0.2) is 0 Å². The lowest BCUT2D eigenvalue weighted by Crippen LogP contribution is -2.28. The van der Waals surface area contributed by atoms with E-state index in [0.717, 1.165) is 75.9 Å². The number of amides is 1. The van der Waals surface area contributed by atoms with Gasteiger partial charge in [-0.2, -0.15) is 0 Å². The molecule has 5 nitrogen and oxygen atoms in total. The van der Waals surface area contributed by atoms with E-state index < -0.39 is 0 Å². The van der Waals surface area contributed by atoms with Crippen molar-refractivity contribution in [3.8, 4) is 5.75 Å². The van der Waals surface area contributed by atoms with Crippen LogP contribution >= 0.6 is 0 Å². The van der Waals surface area contributed by atoms with Crippen LogP contribution in [0.5, 0.6) is 5.75 Å². The number of hydrogen-bond acceptors (Lipinski definition) is 3. The summed E-state index contributed by atoms with van der Waals surface area (Å²) in [5.41, 5.74) is 3.66. The summed E-state index contributed by atoms with van der Waals surface area (Å²) < 4.78 is 8.38. The third-order valence-corrected chi connectivity index (χ3v) is 6.74. The number of rotatable bonds is 15. The van der Waals surface area contributed by atoms with E-state index in [1.54, 1.807) is 0 Å². The van der Waals surface area contributed by atoms with E-state index in [1.807, 2.05) is 13.8 Å². The quantitative estimate of drug-likeness (QED) is 0.242. The molecule has 190 valence electrons. The number of carbonyl (C=O) groups excluding carboxylic acids is 1. The molecule has 35 heavy (non-hydrogen) atoms. The van der Waals surface area contributed by atoms with E-state index in [0.29, 0.717) is 5.92 Å². The maximum atomic E-state index is 11.7. The van der Waals surface area contributed by atoms with Crippen molar-refractivity contribution in [1.29, 1.82) is 0 Å². The standard InChI is InChI=1S/C30H43N3O2/c1-5-24(4)25-16-18-26(19-17-25)35-22-12-11-21-33-28-14-9-8-13-27(28)32-29(33)15-7-6-10-20-31-30(34)23(2)3/h8-9,13-14,16-19,23-24H,5-7,10-12,15,20-22H2,1-4H3,(H,31,34). The van der Waals surface area contributed by atoms with E-state index >= 15 is 0 Å². The number of aromatic nitrogens is 2. The topological polar surface area (TPSA) is 56.1 Å². The lowest BCUT2D eigenvalue weighted by molar-refractivity contribution is -0.123. The summed E-state index contributed by atoms with van der Waals surface area (Å²) in [6, 6.07) is 17.0. The number of benzene rings is 2. The van der Waals surface area contributed by atoms with Crippen LogP contribution in [-0.4, -0.2) is 28.6 Å². The number of carbonyl (C=O) groups is 1. The zero-order chi connectivity index (χ0) is 25.0. The Labute approximate surface area is 211 Å². The highest BCUT2D eigenvalue weighted by Gasteiger charge is 2.11. The molecule has 0 fully saturated rings. The summed E-state index contributed by atoms with van der Waals surface area (Å²) in [5, 5.41) is 3.00. The maximum absolute atomic E-state index is 11.7. The SMILES string of the molecule is CCC(C)c1ccc(OCCCCn2c(CCCCCNC(=O)C(C)C)nc3ccccc32)cc1. The minimum Gasteiger partial charge on any atom is -0.494 e. The highest BCUT2D eigenvalue weighted by molar-refractivity contribution is 5.77. The fraction of sp³-hybridized carbons (Fsp3) is 0.533. The highest BCUT2D eigenvalue weighted by atomic mass is 16.5. The molecule has 0 saturated carbocycles. The van der Waals surface area contributed by atoms with E-state index in [4.69, 9.17) is 9.72 Å². The number of fused-ring (bicyclic) bond motifs is 1. The second-order valence-corrected chi connectivity index (χ2v) is 9.86. The second-order valence-electron chi connectivity index (χ2n) is 9.86. The molecule has 3 rings (SSSR count). The predicted molar refractivity (Wildman–Crippen MR) is 145 cm³/mol. The van der Waals surface area contributed by atoms with Crippen LogP contribution in [-0.2, 0) is 17.8 Å².